The van der Waals surface area contributed by atoms with E-state index in [-0.39, 0.29) is 0 Å². The third-order valence-corrected chi connectivity index (χ3v) is 12.0. The number of aryl methyl sites for hydroxylation is 2. The van der Waals surface area contributed by atoms with Gasteiger partial charge in [0.15, 0.2) is 11.2 Å². The van der Waals surface area contributed by atoms with E-state index in [1.807, 2.05) is 0 Å². The zero-order valence-electron chi connectivity index (χ0n) is 27.4. The van der Waals surface area contributed by atoms with Gasteiger partial charge in [-0.1, -0.05) is 66.7 Å². The molecule has 232 valence electrons. The van der Waals surface area contributed by atoms with Crippen LogP contribution in [0.2, 0.25) is 0 Å². The van der Waals surface area contributed by atoms with Crippen LogP contribution in [0.1, 0.15) is 22.3 Å². The highest BCUT2D eigenvalue weighted by molar-refractivity contribution is 6.24. The van der Waals surface area contributed by atoms with Crippen molar-refractivity contribution in [3.05, 3.63) is 156 Å². The van der Waals surface area contributed by atoms with Gasteiger partial charge in [-0.25, -0.2) is 0 Å². The molecule has 1 unspecified atom stereocenters. The minimum atomic E-state index is -0.724. The molecular formula is C45H28N4O+2. The van der Waals surface area contributed by atoms with Gasteiger partial charge in [-0.2, -0.15) is 18.1 Å². The number of hydrogen-bond donors (Lipinski definition) is 0. The molecule has 5 nitrogen and oxygen atoms in total. The Hall–Kier alpha value is -6.46. The van der Waals surface area contributed by atoms with Crippen LogP contribution in [-0.2, 0) is 5.66 Å². The topological polar surface area (TPSA) is 26.3 Å². The van der Waals surface area contributed by atoms with Gasteiger partial charge in [-0.3, -0.25) is 0 Å². The molecule has 0 saturated carbocycles. The highest BCUT2D eigenvalue weighted by Crippen LogP contribution is 2.57. The Bertz CT molecular complexity index is 3250. The van der Waals surface area contributed by atoms with E-state index < -0.39 is 5.66 Å². The van der Waals surface area contributed by atoms with E-state index in [0.29, 0.717) is 0 Å². The normalized spacial score (nSPS) is 16.4. The van der Waals surface area contributed by atoms with Crippen molar-refractivity contribution in [3.8, 4) is 28.6 Å². The molecule has 0 saturated heterocycles. The number of para-hydroxylation sites is 1. The van der Waals surface area contributed by atoms with Gasteiger partial charge < -0.3 is 4.74 Å². The summed E-state index contributed by atoms with van der Waals surface area (Å²) in [4.78, 5) is 0. The Morgan fingerprint density at radius 2 is 1.34 bits per heavy atom. The fraction of sp³-hybridized carbons (Fsp3) is 0.0667. The number of fused-ring (bicyclic) bond motifs is 10. The predicted octanol–water partition coefficient (Wildman–Crippen LogP) is 9.39. The maximum Gasteiger partial charge on any atom is 0.318 e. The Labute approximate surface area is 286 Å². The quantitative estimate of drug-likeness (QED) is 0.130. The Kier molecular flexibility index (Phi) is 4.20. The first kappa shape index (κ1) is 25.5. The molecule has 0 aliphatic carbocycles. The van der Waals surface area contributed by atoms with E-state index in [4.69, 9.17) is 4.74 Å². The molecule has 1 spiro atoms. The van der Waals surface area contributed by atoms with E-state index in [1.54, 1.807) is 0 Å². The van der Waals surface area contributed by atoms with E-state index >= 15 is 0 Å². The lowest BCUT2D eigenvalue weighted by Gasteiger charge is -2.36. The van der Waals surface area contributed by atoms with E-state index in [9.17, 15) is 0 Å². The van der Waals surface area contributed by atoms with Gasteiger partial charge in [0.1, 0.15) is 39.9 Å². The molecule has 3 aliphatic heterocycles. The molecule has 7 heterocycles. The van der Waals surface area contributed by atoms with Gasteiger partial charge in [0.05, 0.1) is 11.6 Å². The average molecular weight is 641 g/mol. The maximum atomic E-state index is 7.04. The smallest absolute Gasteiger partial charge is 0.318 e. The zero-order valence-corrected chi connectivity index (χ0v) is 27.4. The van der Waals surface area contributed by atoms with Crippen molar-refractivity contribution in [2.75, 3.05) is 0 Å². The number of aromatic nitrogens is 4. The number of imidazole rings is 1. The Balaban J connectivity index is 1.36. The molecule has 50 heavy (non-hydrogen) atoms. The number of nitrogens with zero attached hydrogens (tertiary/aromatic N) is 4. The molecule has 0 fully saturated rings. The van der Waals surface area contributed by atoms with Crippen molar-refractivity contribution < 1.29 is 13.9 Å². The van der Waals surface area contributed by atoms with Crippen molar-refractivity contribution in [2.45, 2.75) is 19.5 Å². The van der Waals surface area contributed by atoms with Crippen LogP contribution in [0.5, 0.6) is 11.5 Å². The standard InChI is InChI=1S/C45H28N4O/c1-25-10-9-11-26(2)38(25)34-24-47-44-40-31(39-28-13-4-3-12-27(28)17-20-33(39)48(34)44)19-22-35-41(40)45(47)42-36(50-35)21-18-30-29-14-5-6-15-32(29)49(43(30)42)37-16-7-8-23-46(37)45/h3-24H,1-2H3/q+2. The summed E-state index contributed by atoms with van der Waals surface area (Å²) in [6.07, 6.45) is 4.72. The highest BCUT2D eigenvalue weighted by atomic mass is 16.5. The van der Waals surface area contributed by atoms with Crippen molar-refractivity contribution >= 4 is 59.9 Å². The third kappa shape index (κ3) is 2.55. The molecular weight excluding hydrogens is 613 g/mol. The molecule has 4 aromatic heterocycles. The van der Waals surface area contributed by atoms with Crippen LogP contribution in [0.3, 0.4) is 0 Å². The van der Waals surface area contributed by atoms with Crippen LogP contribution in [0.15, 0.2) is 134 Å². The van der Waals surface area contributed by atoms with Crippen LogP contribution in [-0.4, -0.2) is 8.97 Å². The van der Waals surface area contributed by atoms with Crippen LogP contribution >= 0.6 is 0 Å². The SMILES string of the molecule is Cc1cccc(C)c1-c1c[n+]2c3c4c5c(ccc4c4c6ccccc6ccc4n13)Oc1ccc3c4ccccc4n4c3c1C52[n+]1ccccc1-4. The van der Waals surface area contributed by atoms with Gasteiger partial charge in [-0.15, -0.1) is 0 Å². The number of benzene rings is 6. The summed E-state index contributed by atoms with van der Waals surface area (Å²) in [6.45, 7) is 4.49. The summed E-state index contributed by atoms with van der Waals surface area (Å²) in [5.74, 6) is 2.95. The molecule has 13 rings (SSSR count). The summed E-state index contributed by atoms with van der Waals surface area (Å²) < 4.78 is 17.2. The van der Waals surface area contributed by atoms with Gasteiger partial charge in [0.25, 0.3) is 11.5 Å². The molecule has 0 amide bonds. The zero-order chi connectivity index (χ0) is 32.6. The van der Waals surface area contributed by atoms with E-state index in [0.717, 1.165) is 17.3 Å². The van der Waals surface area contributed by atoms with E-state index in [2.05, 4.69) is 166 Å². The van der Waals surface area contributed by atoms with Crippen molar-refractivity contribution in [1.29, 1.82) is 0 Å². The van der Waals surface area contributed by atoms with Crippen molar-refractivity contribution in [1.82, 2.24) is 8.97 Å². The Morgan fingerprint density at radius 3 is 2.22 bits per heavy atom. The van der Waals surface area contributed by atoms with Crippen LogP contribution < -0.4 is 13.9 Å². The lowest BCUT2D eigenvalue weighted by atomic mass is 9.83. The molecule has 5 heteroatoms. The van der Waals surface area contributed by atoms with Gasteiger partial charge >= 0.3 is 5.66 Å². The minimum Gasteiger partial charge on any atom is -0.456 e. The largest absolute Gasteiger partial charge is 0.456 e. The molecule has 1 atom stereocenters. The van der Waals surface area contributed by atoms with E-state index in [1.165, 1.54) is 93.4 Å². The fourth-order valence-electron chi connectivity index (χ4n) is 10.2. The second-order valence-corrected chi connectivity index (χ2v) is 14.2. The molecule has 0 N–H and O–H groups in total. The van der Waals surface area contributed by atoms with Crippen molar-refractivity contribution in [2.24, 2.45) is 0 Å². The maximum absolute atomic E-state index is 7.04. The summed E-state index contributed by atoms with van der Waals surface area (Å²) >= 11 is 0. The highest BCUT2D eigenvalue weighted by Gasteiger charge is 2.65. The number of rotatable bonds is 1. The summed E-state index contributed by atoms with van der Waals surface area (Å²) in [6, 6.07) is 44.5. The fourth-order valence-corrected chi connectivity index (χ4v) is 10.2. The second kappa shape index (κ2) is 8.21. The Morgan fingerprint density at radius 1 is 0.580 bits per heavy atom. The first-order chi connectivity index (χ1) is 24.7. The predicted molar refractivity (Wildman–Crippen MR) is 198 cm³/mol. The lowest BCUT2D eigenvalue weighted by molar-refractivity contribution is -0.956. The lowest BCUT2D eigenvalue weighted by Crippen LogP contribution is -2.75. The van der Waals surface area contributed by atoms with Crippen LogP contribution in [0.25, 0.3) is 77.0 Å². The minimum absolute atomic E-state index is 0.724. The number of ether oxygens (including phenoxy) is 1. The average Bonchev–Trinajstić information content (AvgIpc) is 3.80. The van der Waals surface area contributed by atoms with Crippen LogP contribution in [0, 0.1) is 13.8 Å². The van der Waals surface area contributed by atoms with Crippen molar-refractivity contribution in [3.63, 3.8) is 0 Å². The second-order valence-electron chi connectivity index (χ2n) is 14.2. The van der Waals surface area contributed by atoms with Gasteiger partial charge in [0.2, 0.25) is 0 Å². The molecule has 6 aromatic carbocycles. The van der Waals surface area contributed by atoms with Crippen LogP contribution in [0.4, 0.5) is 0 Å². The molecule has 0 radical (unpaired) electrons. The summed E-state index contributed by atoms with van der Waals surface area (Å²) in [7, 11) is 0. The number of hydrogen-bond acceptors (Lipinski definition) is 1. The molecule has 10 aromatic rings. The third-order valence-electron chi connectivity index (χ3n) is 12.0. The monoisotopic (exact) mass is 640 g/mol. The summed E-state index contributed by atoms with van der Waals surface area (Å²) in [5, 5.41) is 8.77. The van der Waals surface area contributed by atoms with Gasteiger partial charge in [0, 0.05) is 33.2 Å². The number of pyridine rings is 2. The molecule has 3 aliphatic rings. The molecule has 0 bridgehead atoms. The first-order valence-electron chi connectivity index (χ1n) is 17.4. The summed E-state index contributed by atoms with van der Waals surface area (Å²) in [5.41, 5.74) is 11.5. The first-order valence-corrected chi connectivity index (χ1v) is 17.4. The van der Waals surface area contributed by atoms with Gasteiger partial charge in [-0.05, 0) is 84.3 Å².